The molecule has 0 bridgehead atoms. The summed E-state index contributed by atoms with van der Waals surface area (Å²) in [6.07, 6.45) is 0.178. The molecule has 0 aromatic heterocycles. The van der Waals surface area contributed by atoms with Crippen molar-refractivity contribution in [3.63, 3.8) is 0 Å². The van der Waals surface area contributed by atoms with Crippen LogP contribution in [0.15, 0.2) is 0 Å². The zero-order chi connectivity index (χ0) is 18.9. The number of quaternary nitrogens is 1. The van der Waals surface area contributed by atoms with Gasteiger partial charge in [0.15, 0.2) is 6.10 Å². The zero-order valence-corrected chi connectivity index (χ0v) is 13.9. The van der Waals surface area contributed by atoms with Crippen LogP contribution in [0, 0.1) is 11.5 Å². The van der Waals surface area contributed by atoms with E-state index in [4.69, 9.17) is 20.8 Å². The fourth-order valence-electron chi connectivity index (χ4n) is 1.92. The Hall–Kier alpha value is -2.67. The van der Waals surface area contributed by atoms with Crippen LogP contribution in [0.5, 0.6) is 0 Å². The number of esters is 1. The van der Waals surface area contributed by atoms with Crippen LogP contribution >= 0.6 is 0 Å². The van der Waals surface area contributed by atoms with Crippen LogP contribution in [0.3, 0.4) is 0 Å². The quantitative estimate of drug-likeness (QED) is 0.252. The van der Waals surface area contributed by atoms with Crippen molar-refractivity contribution in [1.82, 2.24) is 5.32 Å². The van der Waals surface area contributed by atoms with Gasteiger partial charge in [0.25, 0.3) is 0 Å². The second-order valence-electron chi connectivity index (χ2n) is 5.88. The molecule has 0 rings (SSSR count). The molecule has 134 valence electrons. The number of amides is 2. The van der Waals surface area contributed by atoms with E-state index in [-0.39, 0.29) is 23.9 Å². The maximum absolute atomic E-state index is 12.2. The molecule has 4 N–H and O–H groups in total. The van der Waals surface area contributed by atoms with Gasteiger partial charge in [0.05, 0.1) is 20.5 Å². The van der Waals surface area contributed by atoms with Crippen molar-refractivity contribution in [2.75, 3.05) is 20.6 Å². The average molecular weight is 343 g/mol. The number of likely N-dealkylation sites (N-methyl/N-ethyl adjacent to an activating group) is 1. The van der Waals surface area contributed by atoms with Gasteiger partial charge in [0.2, 0.25) is 11.8 Å². The van der Waals surface area contributed by atoms with E-state index in [1.165, 1.54) is 21.0 Å². The van der Waals surface area contributed by atoms with Gasteiger partial charge in [-0.2, -0.15) is 0 Å². The van der Waals surface area contributed by atoms with Gasteiger partial charge in [-0.15, -0.1) is 5.26 Å². The van der Waals surface area contributed by atoms with Gasteiger partial charge in [-0.25, -0.2) is 9.28 Å². The Morgan fingerprint density at radius 3 is 2.33 bits per heavy atom. The van der Waals surface area contributed by atoms with Gasteiger partial charge in [0, 0.05) is 13.3 Å². The van der Waals surface area contributed by atoms with E-state index in [2.05, 4.69) is 5.32 Å². The Morgan fingerprint density at radius 1 is 1.33 bits per heavy atom. The van der Waals surface area contributed by atoms with Crippen molar-refractivity contribution < 1.29 is 33.5 Å². The molecule has 10 nitrogen and oxygen atoms in total. The smallest absolute Gasteiger partial charge is 0.329 e. The lowest BCUT2D eigenvalue weighted by Gasteiger charge is -2.26. The largest absolute Gasteiger partial charge is 0.481 e. The molecule has 0 aromatic rings. The first-order chi connectivity index (χ1) is 11.0. The number of nitriles is 1. The highest BCUT2D eigenvalue weighted by Crippen LogP contribution is 2.09. The summed E-state index contributed by atoms with van der Waals surface area (Å²) in [5.41, 5.74) is 5.02. The van der Waals surface area contributed by atoms with Crippen molar-refractivity contribution >= 4 is 23.8 Å². The molecule has 10 heteroatoms. The summed E-state index contributed by atoms with van der Waals surface area (Å²) in [6, 6.07) is -1.12. The van der Waals surface area contributed by atoms with Crippen molar-refractivity contribution in [2.45, 2.75) is 38.3 Å². The van der Waals surface area contributed by atoms with Gasteiger partial charge in [0.1, 0.15) is 12.6 Å². The molecule has 24 heavy (non-hydrogen) atoms. The number of primary amides is 1. The molecule has 0 fully saturated rings. The first-order valence-corrected chi connectivity index (χ1v) is 7.19. The van der Waals surface area contributed by atoms with E-state index in [1.54, 1.807) is 0 Å². The second-order valence-corrected chi connectivity index (χ2v) is 5.88. The molecule has 0 radical (unpaired) electrons. The molecule has 0 spiro atoms. The number of aliphatic carboxylic acids is 1. The van der Waals surface area contributed by atoms with Crippen LogP contribution in [0.4, 0.5) is 0 Å². The number of carboxylic acids is 1. The molecular weight excluding hydrogens is 320 g/mol. The van der Waals surface area contributed by atoms with Crippen molar-refractivity contribution in [3.05, 3.63) is 0 Å². The third kappa shape index (κ3) is 9.37. The number of carbonyl (C=O) groups excluding carboxylic acids is 3. The number of carboxylic acid groups (broad SMARTS) is 1. The van der Waals surface area contributed by atoms with Gasteiger partial charge < -0.3 is 20.9 Å². The normalized spacial score (nSPS) is 13.2. The Balaban J connectivity index is 5.06. The summed E-state index contributed by atoms with van der Waals surface area (Å²) >= 11 is 0. The van der Waals surface area contributed by atoms with E-state index in [1.807, 2.05) is 6.19 Å². The summed E-state index contributed by atoms with van der Waals surface area (Å²) in [5.74, 6) is -3.23. The number of ether oxygens (including phenoxy) is 1. The first kappa shape index (κ1) is 21.3. The number of rotatable bonds is 10. The van der Waals surface area contributed by atoms with Crippen molar-refractivity contribution in [1.29, 1.82) is 5.26 Å². The van der Waals surface area contributed by atoms with Gasteiger partial charge in [-0.05, 0) is 6.42 Å². The van der Waals surface area contributed by atoms with Gasteiger partial charge >= 0.3 is 18.1 Å². The summed E-state index contributed by atoms with van der Waals surface area (Å²) in [4.78, 5) is 45.1. The first-order valence-electron chi connectivity index (χ1n) is 7.19. The fraction of sp³-hybridized carbons (Fsp3) is 0.643. The van der Waals surface area contributed by atoms with Crippen LogP contribution in [-0.4, -0.2) is 66.1 Å². The lowest BCUT2D eigenvalue weighted by Crippen LogP contribution is -2.47. The number of carbonyl (C=O) groups is 4. The van der Waals surface area contributed by atoms with Crippen LogP contribution in [0.1, 0.15) is 26.2 Å². The maximum atomic E-state index is 12.2. The lowest BCUT2D eigenvalue weighted by molar-refractivity contribution is -0.827. The fourth-order valence-corrected chi connectivity index (χ4v) is 1.92. The highest BCUT2D eigenvalue weighted by atomic mass is 16.5. The van der Waals surface area contributed by atoms with Crippen LogP contribution < -0.4 is 11.1 Å². The predicted octanol–water partition coefficient (Wildman–Crippen LogP) is -1.30. The molecule has 0 aliphatic rings. The van der Waals surface area contributed by atoms with E-state index in [0.717, 1.165) is 0 Å². The Labute approximate surface area is 139 Å². The topological polar surface area (TPSA) is 160 Å². The van der Waals surface area contributed by atoms with E-state index in [9.17, 15) is 19.2 Å². The van der Waals surface area contributed by atoms with Gasteiger partial charge in [-0.3, -0.25) is 14.4 Å². The number of nitrogens with two attached hydrogens (primary N) is 1. The minimum atomic E-state index is -1.20. The average Bonchev–Trinajstić information content (AvgIpc) is 2.41. The standard InChI is InChI=1S/C14H22N4O6/c1-9(19)17-11(4-5-12(16)20)14(23)24-10(6-13(21)22)7-18(2,3)8-15/h10-11H,4-7H2,1-3H3,(H3-,16,17,19,20,21,22)/p+1/t10?,11-/m0/s1. The van der Waals surface area contributed by atoms with E-state index >= 15 is 0 Å². The minimum Gasteiger partial charge on any atom is -0.481 e. The van der Waals surface area contributed by atoms with Crippen molar-refractivity contribution in [2.24, 2.45) is 5.73 Å². The summed E-state index contributed by atoms with van der Waals surface area (Å²) in [7, 11) is 3.06. The molecule has 0 heterocycles. The molecule has 2 amide bonds. The van der Waals surface area contributed by atoms with Crippen LogP contribution in [0.25, 0.3) is 0 Å². The van der Waals surface area contributed by atoms with Crippen LogP contribution in [-0.2, 0) is 23.9 Å². The second kappa shape index (κ2) is 9.46. The summed E-state index contributed by atoms with van der Waals surface area (Å²) in [5, 5.41) is 20.3. The van der Waals surface area contributed by atoms with E-state index in [0.29, 0.717) is 0 Å². The molecule has 1 unspecified atom stereocenters. The third-order valence-corrected chi connectivity index (χ3v) is 2.96. The summed E-state index contributed by atoms with van der Waals surface area (Å²) in [6.45, 7) is 1.14. The SMILES string of the molecule is CC(=O)N[C@@H](CCC(N)=O)C(=O)OC(CC(=O)O)C[N+](C)(C)C#N. The molecule has 0 aliphatic carbocycles. The minimum absolute atomic E-state index is 0.0445. The Bertz CT molecular complexity index is 540. The molecule has 0 aromatic carbocycles. The predicted molar refractivity (Wildman–Crippen MR) is 80.8 cm³/mol. The number of nitrogens with zero attached hydrogens (tertiary/aromatic N) is 2. The molecule has 2 atom stereocenters. The monoisotopic (exact) mass is 343 g/mol. The highest BCUT2D eigenvalue weighted by Gasteiger charge is 2.31. The van der Waals surface area contributed by atoms with Crippen LogP contribution in [0.2, 0.25) is 0 Å². The maximum Gasteiger partial charge on any atom is 0.329 e. The molecule has 0 saturated heterocycles. The number of hydrogen-bond acceptors (Lipinski definition) is 6. The Kier molecular flexibility index (Phi) is 8.41. The molecule has 0 aliphatic heterocycles. The zero-order valence-electron chi connectivity index (χ0n) is 13.9. The third-order valence-electron chi connectivity index (χ3n) is 2.96. The lowest BCUT2D eigenvalue weighted by atomic mass is 10.1. The van der Waals surface area contributed by atoms with Crippen molar-refractivity contribution in [3.8, 4) is 6.19 Å². The Morgan fingerprint density at radius 2 is 1.92 bits per heavy atom. The van der Waals surface area contributed by atoms with Gasteiger partial charge in [-0.1, -0.05) is 0 Å². The highest BCUT2D eigenvalue weighted by molar-refractivity contribution is 5.84. The molecular formula is C14H23N4O6+. The number of nitrogens with one attached hydrogen (secondary N) is 1. The summed E-state index contributed by atoms with van der Waals surface area (Å²) < 4.78 is 4.92. The molecule has 0 saturated carbocycles. The number of hydrogen-bond donors (Lipinski definition) is 3. The van der Waals surface area contributed by atoms with E-state index < -0.39 is 42.3 Å².